The summed E-state index contributed by atoms with van der Waals surface area (Å²) in [6.07, 6.45) is 0. The van der Waals surface area contributed by atoms with Crippen LogP contribution in [0.1, 0.15) is 13.8 Å². The molecule has 1 aliphatic rings. The number of carbonyl (C=O) groups excluding carboxylic acids is 2. The highest BCUT2D eigenvalue weighted by Gasteiger charge is 2.28. The molecule has 1 unspecified atom stereocenters. The number of nitrogens with zero attached hydrogens (tertiary/aromatic N) is 1. The zero-order valence-electron chi connectivity index (χ0n) is 8.67. The molecule has 0 aromatic heterocycles. The van der Waals surface area contributed by atoms with Crippen molar-refractivity contribution in [2.75, 3.05) is 26.2 Å². The Morgan fingerprint density at radius 1 is 1.71 bits per heavy atom. The molecule has 1 saturated heterocycles. The summed E-state index contributed by atoms with van der Waals surface area (Å²) in [5.41, 5.74) is 0. The topological polar surface area (TPSA) is 61.4 Å². The van der Waals surface area contributed by atoms with E-state index in [1.807, 2.05) is 6.92 Å². The van der Waals surface area contributed by atoms with Crippen molar-refractivity contribution in [3.05, 3.63) is 0 Å². The monoisotopic (exact) mass is 199 g/mol. The van der Waals surface area contributed by atoms with E-state index in [0.717, 1.165) is 6.54 Å². The molecule has 0 aromatic rings. The van der Waals surface area contributed by atoms with Crippen molar-refractivity contribution in [3.8, 4) is 0 Å². The zero-order chi connectivity index (χ0) is 10.6. The molecule has 0 saturated carbocycles. The van der Waals surface area contributed by atoms with Crippen molar-refractivity contribution < 1.29 is 9.59 Å². The van der Waals surface area contributed by atoms with E-state index in [2.05, 4.69) is 10.6 Å². The second-order valence-electron chi connectivity index (χ2n) is 3.33. The van der Waals surface area contributed by atoms with Crippen LogP contribution in [0.2, 0.25) is 0 Å². The molecule has 0 spiro atoms. The minimum atomic E-state index is -0.338. The van der Waals surface area contributed by atoms with Gasteiger partial charge in [-0.1, -0.05) is 6.92 Å². The summed E-state index contributed by atoms with van der Waals surface area (Å²) in [5.74, 6) is -0.0738. The van der Waals surface area contributed by atoms with Crippen LogP contribution in [0.3, 0.4) is 0 Å². The molecule has 0 radical (unpaired) electrons. The first-order valence-electron chi connectivity index (χ1n) is 4.94. The fourth-order valence-electron chi connectivity index (χ4n) is 1.46. The van der Waals surface area contributed by atoms with E-state index in [4.69, 9.17) is 0 Å². The third kappa shape index (κ3) is 2.45. The zero-order valence-corrected chi connectivity index (χ0v) is 8.67. The van der Waals surface area contributed by atoms with Crippen molar-refractivity contribution >= 4 is 11.8 Å². The van der Waals surface area contributed by atoms with Gasteiger partial charge in [0.2, 0.25) is 11.8 Å². The molecular formula is C9H17N3O2. The van der Waals surface area contributed by atoms with Gasteiger partial charge in [0.05, 0.1) is 6.54 Å². The lowest BCUT2D eigenvalue weighted by molar-refractivity contribution is -0.141. The maximum absolute atomic E-state index is 11.6. The highest BCUT2D eigenvalue weighted by molar-refractivity contribution is 5.89. The third-order valence-corrected chi connectivity index (χ3v) is 2.35. The van der Waals surface area contributed by atoms with Crippen molar-refractivity contribution in [1.82, 2.24) is 15.5 Å². The third-order valence-electron chi connectivity index (χ3n) is 2.35. The lowest BCUT2D eigenvalue weighted by Gasteiger charge is -2.32. The molecule has 0 aliphatic carbocycles. The van der Waals surface area contributed by atoms with Gasteiger partial charge < -0.3 is 15.5 Å². The molecule has 1 rings (SSSR count). The number of hydrogen-bond donors (Lipinski definition) is 2. The van der Waals surface area contributed by atoms with E-state index in [-0.39, 0.29) is 17.9 Å². The van der Waals surface area contributed by atoms with Gasteiger partial charge in [-0.15, -0.1) is 0 Å². The number of rotatable bonds is 3. The van der Waals surface area contributed by atoms with Gasteiger partial charge >= 0.3 is 0 Å². The fourth-order valence-corrected chi connectivity index (χ4v) is 1.46. The number of nitrogens with one attached hydrogen (secondary N) is 2. The number of piperazine rings is 1. The second-order valence-corrected chi connectivity index (χ2v) is 3.33. The van der Waals surface area contributed by atoms with Gasteiger partial charge in [-0.2, -0.15) is 0 Å². The van der Waals surface area contributed by atoms with Crippen LogP contribution in [-0.4, -0.2) is 48.9 Å². The van der Waals surface area contributed by atoms with E-state index < -0.39 is 0 Å². The van der Waals surface area contributed by atoms with E-state index in [1.165, 1.54) is 0 Å². The normalized spacial score (nSPS) is 22.0. The van der Waals surface area contributed by atoms with E-state index in [1.54, 1.807) is 11.8 Å². The lowest BCUT2D eigenvalue weighted by Crippen LogP contribution is -2.57. The highest BCUT2D eigenvalue weighted by atomic mass is 16.2. The van der Waals surface area contributed by atoms with Crippen molar-refractivity contribution in [2.45, 2.75) is 19.9 Å². The summed E-state index contributed by atoms with van der Waals surface area (Å²) < 4.78 is 0. The van der Waals surface area contributed by atoms with Gasteiger partial charge in [0.1, 0.15) is 6.04 Å². The average molecular weight is 199 g/mol. The summed E-state index contributed by atoms with van der Waals surface area (Å²) >= 11 is 0. The molecule has 5 heteroatoms. The van der Waals surface area contributed by atoms with E-state index >= 15 is 0 Å². The summed E-state index contributed by atoms with van der Waals surface area (Å²) in [7, 11) is 0. The Hall–Kier alpha value is -1.10. The second kappa shape index (κ2) is 4.95. The maximum atomic E-state index is 11.6. The van der Waals surface area contributed by atoms with Crippen molar-refractivity contribution in [1.29, 1.82) is 0 Å². The summed E-state index contributed by atoms with van der Waals surface area (Å²) in [5, 5.41) is 5.68. The predicted molar refractivity (Wildman–Crippen MR) is 52.7 cm³/mol. The lowest BCUT2D eigenvalue weighted by atomic mass is 10.2. The van der Waals surface area contributed by atoms with Gasteiger partial charge in [0.15, 0.2) is 0 Å². The molecule has 2 N–H and O–H groups in total. The van der Waals surface area contributed by atoms with Crippen LogP contribution in [0.5, 0.6) is 0 Å². The number of likely N-dealkylation sites (N-methyl/N-ethyl adjacent to an activating group) is 1. The minimum absolute atomic E-state index is 0.00537. The van der Waals surface area contributed by atoms with Gasteiger partial charge in [-0.05, 0) is 13.5 Å². The minimum Gasteiger partial charge on any atom is -0.353 e. The Kier molecular flexibility index (Phi) is 3.88. The number of amides is 2. The Morgan fingerprint density at radius 3 is 3.07 bits per heavy atom. The molecule has 5 nitrogen and oxygen atoms in total. The van der Waals surface area contributed by atoms with Gasteiger partial charge in [0.25, 0.3) is 0 Å². The first-order valence-corrected chi connectivity index (χ1v) is 4.94. The maximum Gasteiger partial charge on any atom is 0.242 e. The molecule has 1 aliphatic heterocycles. The van der Waals surface area contributed by atoms with Crippen LogP contribution < -0.4 is 10.6 Å². The Bertz CT molecular complexity index is 230. The molecule has 1 atom stereocenters. The van der Waals surface area contributed by atoms with Crippen LogP contribution in [0.15, 0.2) is 0 Å². The van der Waals surface area contributed by atoms with Crippen LogP contribution in [0.25, 0.3) is 0 Å². The van der Waals surface area contributed by atoms with Gasteiger partial charge in [-0.3, -0.25) is 9.59 Å². The van der Waals surface area contributed by atoms with Crippen molar-refractivity contribution in [3.63, 3.8) is 0 Å². The average Bonchev–Trinajstić information content (AvgIpc) is 2.18. The molecule has 2 amide bonds. The van der Waals surface area contributed by atoms with Crippen LogP contribution in [-0.2, 0) is 9.59 Å². The molecule has 80 valence electrons. The summed E-state index contributed by atoms with van der Waals surface area (Å²) in [6.45, 7) is 5.93. The fraction of sp³-hybridized carbons (Fsp3) is 0.778. The Morgan fingerprint density at radius 2 is 2.43 bits per heavy atom. The number of hydrogen-bond acceptors (Lipinski definition) is 3. The smallest absolute Gasteiger partial charge is 0.242 e. The molecular weight excluding hydrogens is 182 g/mol. The van der Waals surface area contributed by atoms with Crippen LogP contribution in [0, 0.1) is 0 Å². The van der Waals surface area contributed by atoms with Gasteiger partial charge in [0, 0.05) is 13.1 Å². The van der Waals surface area contributed by atoms with E-state index in [0.29, 0.717) is 19.6 Å². The number of carbonyl (C=O) groups is 2. The quantitative estimate of drug-likeness (QED) is 0.609. The summed E-state index contributed by atoms with van der Waals surface area (Å²) in [4.78, 5) is 24.5. The first kappa shape index (κ1) is 11.0. The Balaban J connectivity index is 2.49. The largest absolute Gasteiger partial charge is 0.353 e. The van der Waals surface area contributed by atoms with Crippen LogP contribution >= 0.6 is 0 Å². The molecule has 1 heterocycles. The first-order chi connectivity index (χ1) is 6.66. The molecule has 1 fully saturated rings. The van der Waals surface area contributed by atoms with Gasteiger partial charge in [-0.25, -0.2) is 0 Å². The standard InChI is InChI=1S/C9H17N3O2/c1-3-10-6-8(13)12-5-4-11-9(14)7(12)2/h7,10H,3-6H2,1-2H3,(H,11,14). The molecule has 0 bridgehead atoms. The molecule has 14 heavy (non-hydrogen) atoms. The Labute approximate surface area is 83.8 Å². The highest BCUT2D eigenvalue weighted by Crippen LogP contribution is 2.03. The molecule has 0 aromatic carbocycles. The summed E-state index contributed by atoms with van der Waals surface area (Å²) in [6, 6.07) is -0.338. The van der Waals surface area contributed by atoms with E-state index in [9.17, 15) is 9.59 Å². The van der Waals surface area contributed by atoms with Crippen molar-refractivity contribution in [2.24, 2.45) is 0 Å². The SMILES string of the molecule is CCNCC(=O)N1CCNC(=O)C1C. The predicted octanol–water partition coefficient (Wildman–Crippen LogP) is -1.06. The van der Waals surface area contributed by atoms with Crippen LogP contribution in [0.4, 0.5) is 0 Å².